The van der Waals surface area contributed by atoms with Crippen LogP contribution in [0.25, 0.3) is 0 Å². The zero-order valence-electron chi connectivity index (χ0n) is 8.95. The molecule has 0 saturated carbocycles. The summed E-state index contributed by atoms with van der Waals surface area (Å²) in [5.74, 6) is 0.461. The van der Waals surface area contributed by atoms with Gasteiger partial charge in [-0.25, -0.2) is 0 Å². The Morgan fingerprint density at radius 1 is 1.07 bits per heavy atom. The Kier molecular flexibility index (Phi) is 5.55. The lowest BCUT2D eigenvalue weighted by Gasteiger charge is -2.12. The van der Waals surface area contributed by atoms with Gasteiger partial charge in [-0.1, -0.05) is 51.1 Å². The highest BCUT2D eigenvalue weighted by Gasteiger charge is 2.17. The van der Waals surface area contributed by atoms with Gasteiger partial charge in [0.1, 0.15) is 5.78 Å². The van der Waals surface area contributed by atoms with Crippen LogP contribution in [-0.4, -0.2) is 5.78 Å². The third-order valence-electron chi connectivity index (χ3n) is 2.30. The van der Waals surface area contributed by atoms with Crippen LogP contribution >= 0.6 is 13.5 Å². The molecule has 0 heterocycles. The van der Waals surface area contributed by atoms with Gasteiger partial charge in [0.2, 0.25) is 0 Å². The topological polar surface area (TPSA) is 17.1 Å². The number of rotatable bonds is 3. The van der Waals surface area contributed by atoms with Crippen LogP contribution in [0.4, 0.5) is 0 Å². The Balaban J connectivity index is 0.00000169. The van der Waals surface area contributed by atoms with E-state index in [-0.39, 0.29) is 25.3 Å². The summed E-state index contributed by atoms with van der Waals surface area (Å²) in [6.45, 7) is 5.86. The standard InChI is InChI=1S/C12H16O.H2S/c1-9(2)12(13)10(3)11-7-5-4-6-8-11;/h4-10H,1-3H3;1H2/t10-;/m0./s1. The first-order chi connectivity index (χ1) is 6.13. The van der Waals surface area contributed by atoms with Gasteiger partial charge in [0.25, 0.3) is 0 Å². The minimum Gasteiger partial charge on any atom is -0.299 e. The molecule has 1 rings (SSSR count). The van der Waals surface area contributed by atoms with Gasteiger partial charge >= 0.3 is 0 Å². The summed E-state index contributed by atoms with van der Waals surface area (Å²) in [6.07, 6.45) is 0. The van der Waals surface area contributed by atoms with E-state index < -0.39 is 0 Å². The maximum atomic E-state index is 11.6. The summed E-state index contributed by atoms with van der Waals surface area (Å²) in [5, 5.41) is 0. The van der Waals surface area contributed by atoms with Crippen LogP contribution in [0.3, 0.4) is 0 Å². The fourth-order valence-electron chi connectivity index (χ4n) is 1.41. The Morgan fingerprint density at radius 2 is 1.57 bits per heavy atom. The van der Waals surface area contributed by atoms with Crippen molar-refractivity contribution in [3.05, 3.63) is 35.9 Å². The van der Waals surface area contributed by atoms with E-state index in [0.29, 0.717) is 5.78 Å². The highest BCUT2D eigenvalue weighted by Crippen LogP contribution is 2.18. The number of ketones is 1. The van der Waals surface area contributed by atoms with Crippen molar-refractivity contribution in [2.24, 2.45) is 5.92 Å². The predicted octanol–water partition coefficient (Wildman–Crippen LogP) is 3.13. The van der Waals surface area contributed by atoms with Crippen molar-refractivity contribution in [3.63, 3.8) is 0 Å². The van der Waals surface area contributed by atoms with E-state index in [1.165, 1.54) is 0 Å². The SMILES string of the molecule is CC(C)C(=O)[C@@H](C)c1ccccc1.S. The summed E-state index contributed by atoms with van der Waals surface area (Å²) in [5.41, 5.74) is 1.11. The smallest absolute Gasteiger partial charge is 0.142 e. The molecule has 2 heteroatoms. The number of carbonyl (C=O) groups is 1. The molecule has 1 nitrogen and oxygen atoms in total. The van der Waals surface area contributed by atoms with Crippen LogP contribution in [0.1, 0.15) is 32.3 Å². The second kappa shape index (κ2) is 5.86. The molecule has 0 aliphatic rings. The summed E-state index contributed by atoms with van der Waals surface area (Å²) >= 11 is 0. The molecule has 0 N–H and O–H groups in total. The van der Waals surface area contributed by atoms with Crippen LogP contribution in [0.5, 0.6) is 0 Å². The largest absolute Gasteiger partial charge is 0.299 e. The molecule has 78 valence electrons. The van der Waals surface area contributed by atoms with Gasteiger partial charge in [-0.15, -0.1) is 0 Å². The number of hydrogen-bond donors (Lipinski definition) is 0. The van der Waals surface area contributed by atoms with Gasteiger partial charge in [0.15, 0.2) is 0 Å². The average molecular weight is 210 g/mol. The molecule has 0 unspecified atom stereocenters. The zero-order chi connectivity index (χ0) is 9.84. The van der Waals surface area contributed by atoms with Crippen LogP contribution in [0, 0.1) is 5.92 Å². The highest BCUT2D eigenvalue weighted by atomic mass is 32.1. The minimum atomic E-state index is 0. The Morgan fingerprint density at radius 3 is 2.00 bits per heavy atom. The fourth-order valence-corrected chi connectivity index (χ4v) is 1.41. The van der Waals surface area contributed by atoms with Gasteiger partial charge in [-0.05, 0) is 5.56 Å². The molecule has 0 bridgehead atoms. The first-order valence-corrected chi connectivity index (χ1v) is 4.71. The molecule has 0 radical (unpaired) electrons. The molecule has 0 aromatic heterocycles. The molecule has 14 heavy (non-hydrogen) atoms. The third-order valence-corrected chi connectivity index (χ3v) is 2.30. The van der Waals surface area contributed by atoms with Gasteiger partial charge in [-0.2, -0.15) is 13.5 Å². The van der Waals surface area contributed by atoms with Crippen LogP contribution in [0.15, 0.2) is 30.3 Å². The summed E-state index contributed by atoms with van der Waals surface area (Å²) in [6, 6.07) is 9.92. The zero-order valence-corrected chi connectivity index (χ0v) is 9.95. The maximum Gasteiger partial charge on any atom is 0.142 e. The van der Waals surface area contributed by atoms with Crippen LogP contribution < -0.4 is 0 Å². The lowest BCUT2D eigenvalue weighted by atomic mass is 9.91. The van der Waals surface area contributed by atoms with Crippen molar-refractivity contribution in [1.82, 2.24) is 0 Å². The van der Waals surface area contributed by atoms with E-state index in [9.17, 15) is 4.79 Å². The summed E-state index contributed by atoms with van der Waals surface area (Å²) in [4.78, 5) is 11.6. The summed E-state index contributed by atoms with van der Waals surface area (Å²) < 4.78 is 0. The van der Waals surface area contributed by atoms with Crippen molar-refractivity contribution in [2.75, 3.05) is 0 Å². The van der Waals surface area contributed by atoms with Gasteiger partial charge < -0.3 is 0 Å². The lowest BCUT2D eigenvalue weighted by Crippen LogP contribution is -2.15. The number of carbonyl (C=O) groups excluding carboxylic acids is 1. The van der Waals surface area contributed by atoms with Crippen molar-refractivity contribution in [1.29, 1.82) is 0 Å². The van der Waals surface area contributed by atoms with E-state index in [2.05, 4.69) is 0 Å². The monoisotopic (exact) mass is 210 g/mol. The predicted molar refractivity (Wildman–Crippen MR) is 65.1 cm³/mol. The molecule has 0 aliphatic heterocycles. The van der Waals surface area contributed by atoms with E-state index in [1.54, 1.807) is 0 Å². The van der Waals surface area contributed by atoms with E-state index >= 15 is 0 Å². The average Bonchev–Trinajstić information content (AvgIpc) is 2.17. The first-order valence-electron chi connectivity index (χ1n) is 4.71. The minimum absolute atomic E-state index is 0. The molecule has 1 atom stereocenters. The molecule has 1 aromatic rings. The van der Waals surface area contributed by atoms with Crippen molar-refractivity contribution in [2.45, 2.75) is 26.7 Å². The lowest BCUT2D eigenvalue weighted by molar-refractivity contribution is -0.123. The molecule has 0 spiro atoms. The number of hydrogen-bond acceptors (Lipinski definition) is 1. The van der Waals surface area contributed by atoms with Crippen molar-refractivity contribution >= 4 is 19.3 Å². The Bertz CT molecular complexity index is 280. The van der Waals surface area contributed by atoms with Crippen molar-refractivity contribution in [3.8, 4) is 0 Å². The summed E-state index contributed by atoms with van der Waals surface area (Å²) in [7, 11) is 0. The number of benzene rings is 1. The normalized spacial score (nSPS) is 12.0. The molecule has 1 aromatic carbocycles. The van der Waals surface area contributed by atoms with Gasteiger partial charge in [-0.3, -0.25) is 4.79 Å². The van der Waals surface area contributed by atoms with Gasteiger partial charge in [0.05, 0.1) is 0 Å². The number of Topliss-reactive ketones (excluding diaryl/α,β-unsaturated/α-hetero) is 1. The molecule has 0 amide bonds. The fraction of sp³-hybridized carbons (Fsp3) is 0.417. The highest BCUT2D eigenvalue weighted by molar-refractivity contribution is 7.59. The van der Waals surface area contributed by atoms with Crippen LogP contribution in [-0.2, 0) is 4.79 Å². The van der Waals surface area contributed by atoms with Crippen LogP contribution in [0.2, 0.25) is 0 Å². The van der Waals surface area contributed by atoms with E-state index in [0.717, 1.165) is 5.56 Å². The second-order valence-electron chi connectivity index (χ2n) is 3.69. The molecular formula is C12H18OS. The van der Waals surface area contributed by atoms with E-state index in [4.69, 9.17) is 0 Å². The molecule has 0 saturated heterocycles. The molecule has 0 fully saturated rings. The Hall–Kier alpha value is -0.760. The Labute approximate surface area is 93.0 Å². The third kappa shape index (κ3) is 3.18. The van der Waals surface area contributed by atoms with Crippen molar-refractivity contribution < 1.29 is 4.79 Å². The van der Waals surface area contributed by atoms with E-state index in [1.807, 2.05) is 51.1 Å². The second-order valence-corrected chi connectivity index (χ2v) is 3.69. The van der Waals surface area contributed by atoms with Gasteiger partial charge in [0, 0.05) is 11.8 Å². The quantitative estimate of drug-likeness (QED) is 0.749. The first kappa shape index (κ1) is 13.2. The molecule has 0 aliphatic carbocycles. The maximum absolute atomic E-state index is 11.6. The molecular weight excluding hydrogens is 192 g/mol.